The van der Waals surface area contributed by atoms with Gasteiger partial charge in [-0.05, 0) is 62.4 Å². The van der Waals surface area contributed by atoms with Gasteiger partial charge in [0.1, 0.15) is 22.1 Å². The molecule has 0 spiro atoms. The number of anilines is 1. The molecule has 34 heavy (non-hydrogen) atoms. The van der Waals surface area contributed by atoms with Crippen molar-refractivity contribution in [2.75, 3.05) is 17.9 Å². The summed E-state index contributed by atoms with van der Waals surface area (Å²) in [6, 6.07) is 16.2. The van der Waals surface area contributed by atoms with Gasteiger partial charge in [-0.25, -0.2) is 13.1 Å². The molecule has 1 N–H and O–H groups in total. The van der Waals surface area contributed by atoms with E-state index in [0.717, 1.165) is 0 Å². The molecule has 11 heteroatoms. The Labute approximate surface area is 197 Å². The Morgan fingerprint density at radius 1 is 0.912 bits per heavy atom. The van der Waals surface area contributed by atoms with E-state index in [-0.39, 0.29) is 10.6 Å². The van der Waals surface area contributed by atoms with E-state index in [4.69, 9.17) is 14.2 Å². The van der Waals surface area contributed by atoms with Crippen LogP contribution in [0.25, 0.3) is 5.82 Å². The molecule has 0 saturated carbocycles. The van der Waals surface area contributed by atoms with Crippen LogP contribution in [0.2, 0.25) is 0 Å². The second-order valence-corrected chi connectivity index (χ2v) is 8.54. The Bertz CT molecular complexity index is 1330. The number of nitrogens with zero attached hydrogens (tertiary/aromatic N) is 4. The van der Waals surface area contributed by atoms with Crippen LogP contribution in [-0.4, -0.2) is 41.6 Å². The summed E-state index contributed by atoms with van der Waals surface area (Å²) in [5, 5.41) is 12.2. The molecule has 0 unspecified atom stereocenters. The minimum Gasteiger partial charge on any atom is -0.494 e. The fraction of sp³-hybridized carbons (Fsp3) is 0.174. The van der Waals surface area contributed by atoms with Crippen molar-refractivity contribution in [1.29, 1.82) is 0 Å². The maximum atomic E-state index is 13.0. The summed E-state index contributed by atoms with van der Waals surface area (Å²) in [4.78, 5) is 0.0191. The molecule has 0 amide bonds. The Morgan fingerprint density at radius 3 is 2.32 bits per heavy atom. The Balaban J connectivity index is 1.46. The van der Waals surface area contributed by atoms with E-state index in [1.807, 2.05) is 6.92 Å². The molecule has 10 nitrogen and oxygen atoms in total. The third-order valence-corrected chi connectivity index (χ3v) is 5.93. The first-order chi connectivity index (χ1) is 16.5. The van der Waals surface area contributed by atoms with E-state index in [1.54, 1.807) is 78.6 Å². The van der Waals surface area contributed by atoms with Crippen LogP contribution in [0.3, 0.4) is 0 Å². The Kier molecular flexibility index (Phi) is 6.93. The molecular formula is C23H23N5O5S. The molecule has 0 radical (unpaired) electrons. The molecule has 176 valence electrons. The molecule has 4 rings (SSSR count). The second-order valence-electron chi connectivity index (χ2n) is 6.89. The minimum absolute atomic E-state index is 0.0191. The molecule has 4 aromatic rings. The average molecular weight is 482 g/mol. The summed E-state index contributed by atoms with van der Waals surface area (Å²) in [6.07, 6.45) is 3.41. The zero-order valence-electron chi connectivity index (χ0n) is 18.6. The summed E-state index contributed by atoms with van der Waals surface area (Å²) < 4.78 is 46.8. The van der Waals surface area contributed by atoms with Crippen LogP contribution in [0.5, 0.6) is 23.1 Å². The molecule has 0 aliphatic rings. The van der Waals surface area contributed by atoms with E-state index < -0.39 is 10.0 Å². The highest BCUT2D eigenvalue weighted by Gasteiger charge is 2.21. The number of hydrogen-bond acceptors (Lipinski definition) is 8. The predicted octanol–water partition coefficient (Wildman–Crippen LogP) is 4.05. The highest BCUT2D eigenvalue weighted by atomic mass is 32.2. The molecule has 2 aromatic carbocycles. The first-order valence-corrected chi connectivity index (χ1v) is 12.0. The summed E-state index contributed by atoms with van der Waals surface area (Å²) >= 11 is 0. The van der Waals surface area contributed by atoms with Crippen molar-refractivity contribution < 1.29 is 22.6 Å². The van der Waals surface area contributed by atoms with Gasteiger partial charge in [-0.1, -0.05) is 0 Å². The molecule has 0 saturated heterocycles. The predicted molar refractivity (Wildman–Crippen MR) is 125 cm³/mol. The van der Waals surface area contributed by atoms with Crippen LogP contribution in [0.15, 0.2) is 78.0 Å². The number of rotatable bonds is 10. The van der Waals surface area contributed by atoms with Crippen LogP contribution < -0.4 is 18.9 Å². The number of aromatic nitrogens is 4. The van der Waals surface area contributed by atoms with E-state index in [1.165, 1.54) is 6.07 Å². The molecule has 0 atom stereocenters. The lowest BCUT2D eigenvalue weighted by Crippen LogP contribution is -2.14. The average Bonchev–Trinajstić information content (AvgIpc) is 3.36. The van der Waals surface area contributed by atoms with E-state index in [9.17, 15) is 8.42 Å². The molecule has 0 aliphatic carbocycles. The number of ether oxygens (including phenoxy) is 3. The fourth-order valence-electron chi connectivity index (χ4n) is 3.05. The molecule has 0 bridgehead atoms. The second kappa shape index (κ2) is 10.2. The first-order valence-electron chi connectivity index (χ1n) is 10.5. The number of benzene rings is 2. The van der Waals surface area contributed by atoms with Gasteiger partial charge in [-0.2, -0.15) is 5.10 Å². The van der Waals surface area contributed by atoms with Crippen LogP contribution in [0.4, 0.5) is 5.69 Å². The van der Waals surface area contributed by atoms with Gasteiger partial charge >= 0.3 is 0 Å². The van der Waals surface area contributed by atoms with Crippen LogP contribution >= 0.6 is 0 Å². The number of sulfonamides is 1. The third kappa shape index (κ3) is 5.44. The highest BCUT2D eigenvalue weighted by Crippen LogP contribution is 2.31. The SMILES string of the molecule is CCOc1ccc(S(=O)(=O)Nc2ccc(Oc3ccc(-n4cccn4)nn3)cc2)c(OCC)c1. The van der Waals surface area contributed by atoms with Gasteiger partial charge in [-0.3, -0.25) is 4.72 Å². The third-order valence-electron chi connectivity index (χ3n) is 4.51. The van der Waals surface area contributed by atoms with Crippen molar-refractivity contribution in [1.82, 2.24) is 20.0 Å². The summed E-state index contributed by atoms with van der Waals surface area (Å²) in [6.45, 7) is 4.41. The van der Waals surface area contributed by atoms with Crippen molar-refractivity contribution >= 4 is 15.7 Å². The van der Waals surface area contributed by atoms with Crippen molar-refractivity contribution in [2.45, 2.75) is 18.7 Å². The first kappa shape index (κ1) is 23.1. The van der Waals surface area contributed by atoms with Crippen molar-refractivity contribution in [3.8, 4) is 28.9 Å². The summed E-state index contributed by atoms with van der Waals surface area (Å²) in [7, 11) is -3.90. The monoisotopic (exact) mass is 481 g/mol. The van der Waals surface area contributed by atoms with Crippen LogP contribution in [0.1, 0.15) is 13.8 Å². The molecule has 0 aliphatic heterocycles. The van der Waals surface area contributed by atoms with Crippen molar-refractivity contribution in [2.24, 2.45) is 0 Å². The van der Waals surface area contributed by atoms with E-state index in [2.05, 4.69) is 20.0 Å². The van der Waals surface area contributed by atoms with Gasteiger partial charge in [-0.15, -0.1) is 10.2 Å². The lowest BCUT2D eigenvalue weighted by molar-refractivity contribution is 0.317. The molecule has 2 heterocycles. The quantitative estimate of drug-likeness (QED) is 0.360. The summed E-state index contributed by atoms with van der Waals surface area (Å²) in [5.74, 6) is 2.08. The largest absolute Gasteiger partial charge is 0.494 e. The maximum absolute atomic E-state index is 13.0. The molecule has 0 fully saturated rings. The van der Waals surface area contributed by atoms with Gasteiger partial charge in [0.2, 0.25) is 5.88 Å². The van der Waals surface area contributed by atoms with Gasteiger partial charge in [0.05, 0.1) is 13.2 Å². The fourth-order valence-corrected chi connectivity index (χ4v) is 4.24. The molecule has 2 aromatic heterocycles. The van der Waals surface area contributed by atoms with E-state index in [0.29, 0.717) is 42.1 Å². The maximum Gasteiger partial charge on any atom is 0.265 e. The lowest BCUT2D eigenvalue weighted by Gasteiger charge is -2.14. The van der Waals surface area contributed by atoms with Crippen LogP contribution in [-0.2, 0) is 10.0 Å². The van der Waals surface area contributed by atoms with Gasteiger partial charge in [0, 0.05) is 30.2 Å². The lowest BCUT2D eigenvalue weighted by atomic mass is 10.3. The minimum atomic E-state index is -3.90. The normalized spacial score (nSPS) is 11.1. The van der Waals surface area contributed by atoms with Gasteiger partial charge in [0.25, 0.3) is 10.0 Å². The van der Waals surface area contributed by atoms with Gasteiger partial charge in [0.15, 0.2) is 5.82 Å². The van der Waals surface area contributed by atoms with Crippen molar-refractivity contribution in [3.05, 3.63) is 73.1 Å². The van der Waals surface area contributed by atoms with Gasteiger partial charge < -0.3 is 14.2 Å². The zero-order valence-corrected chi connectivity index (χ0v) is 19.4. The number of hydrogen-bond donors (Lipinski definition) is 1. The molecular weight excluding hydrogens is 458 g/mol. The Hall–Kier alpha value is -4.12. The Morgan fingerprint density at radius 2 is 1.68 bits per heavy atom. The highest BCUT2D eigenvalue weighted by molar-refractivity contribution is 7.92. The summed E-state index contributed by atoms with van der Waals surface area (Å²) in [5.41, 5.74) is 0.365. The number of nitrogens with one attached hydrogen (secondary N) is 1. The zero-order chi connectivity index (χ0) is 24.0. The van der Waals surface area contributed by atoms with Crippen LogP contribution in [0, 0.1) is 0 Å². The van der Waals surface area contributed by atoms with E-state index >= 15 is 0 Å². The standard InChI is InChI=1S/C23H23N5O5S/c1-3-31-19-10-11-21(20(16-19)32-4-2)34(29,30)27-17-6-8-18(9-7-17)33-23-13-12-22(25-26-23)28-15-5-14-24-28/h5-16,27H,3-4H2,1-2H3. The van der Waals surface area contributed by atoms with Crippen molar-refractivity contribution in [3.63, 3.8) is 0 Å². The topological polar surface area (TPSA) is 117 Å². The smallest absolute Gasteiger partial charge is 0.265 e.